The molecule has 0 bridgehead atoms. The predicted molar refractivity (Wildman–Crippen MR) is 82.2 cm³/mol. The van der Waals surface area contributed by atoms with Crippen LogP contribution in [0.2, 0.25) is 0 Å². The van der Waals surface area contributed by atoms with Crippen LogP contribution in [0.15, 0.2) is 24.3 Å². The highest BCUT2D eigenvalue weighted by Crippen LogP contribution is 2.29. The molecule has 0 amide bonds. The van der Waals surface area contributed by atoms with E-state index in [1.807, 2.05) is 24.3 Å². The van der Waals surface area contributed by atoms with E-state index in [2.05, 4.69) is 15.5 Å². The molecule has 4 N–H and O–H groups in total. The Balaban J connectivity index is 1.73. The molecule has 0 saturated carbocycles. The fourth-order valence-electron chi connectivity index (χ4n) is 2.77. The quantitative estimate of drug-likeness (QED) is 0.675. The van der Waals surface area contributed by atoms with Crippen molar-refractivity contribution in [1.29, 1.82) is 0 Å². The zero-order valence-corrected chi connectivity index (χ0v) is 12.0. The van der Waals surface area contributed by atoms with Gasteiger partial charge in [-0.3, -0.25) is 5.10 Å². The maximum Gasteiger partial charge on any atom is 0.0955 e. The van der Waals surface area contributed by atoms with Gasteiger partial charge in [0.25, 0.3) is 0 Å². The molecule has 0 fully saturated rings. The van der Waals surface area contributed by atoms with Gasteiger partial charge in [-0.1, -0.05) is 12.1 Å². The van der Waals surface area contributed by atoms with Gasteiger partial charge in [0.2, 0.25) is 0 Å². The number of anilines is 1. The number of benzene rings is 1. The van der Waals surface area contributed by atoms with Crippen molar-refractivity contribution in [1.82, 2.24) is 10.2 Å². The average molecular weight is 287 g/mol. The molecule has 2 aromatic rings. The van der Waals surface area contributed by atoms with Crippen molar-refractivity contribution in [2.45, 2.75) is 31.8 Å². The number of H-pyrrole nitrogens is 1. The van der Waals surface area contributed by atoms with Crippen LogP contribution in [0.25, 0.3) is 11.3 Å². The second-order valence-electron chi connectivity index (χ2n) is 5.53. The molecule has 1 heterocycles. The van der Waals surface area contributed by atoms with E-state index >= 15 is 0 Å². The summed E-state index contributed by atoms with van der Waals surface area (Å²) in [5.74, 6) is 0. The largest absolute Gasteiger partial charge is 0.394 e. The number of hydrogen-bond donors (Lipinski definition) is 4. The molecule has 5 nitrogen and oxygen atoms in total. The minimum atomic E-state index is -0.733. The number of nitrogens with zero attached hydrogens (tertiary/aromatic N) is 1. The number of rotatable bonds is 5. The number of aryl methyl sites for hydroxylation is 1. The topological polar surface area (TPSA) is 81.2 Å². The maximum absolute atomic E-state index is 9.33. The van der Waals surface area contributed by atoms with Crippen LogP contribution < -0.4 is 5.32 Å². The summed E-state index contributed by atoms with van der Waals surface area (Å²) < 4.78 is 0. The van der Waals surface area contributed by atoms with Gasteiger partial charge in [0, 0.05) is 29.1 Å². The van der Waals surface area contributed by atoms with Crippen molar-refractivity contribution in [2.75, 3.05) is 18.5 Å². The fourth-order valence-corrected chi connectivity index (χ4v) is 2.77. The van der Waals surface area contributed by atoms with Crippen molar-refractivity contribution in [3.05, 3.63) is 35.5 Å². The summed E-state index contributed by atoms with van der Waals surface area (Å²) >= 11 is 0. The van der Waals surface area contributed by atoms with Gasteiger partial charge in [-0.15, -0.1) is 0 Å². The lowest BCUT2D eigenvalue weighted by molar-refractivity contribution is 0.105. The molecule has 5 heteroatoms. The van der Waals surface area contributed by atoms with E-state index in [-0.39, 0.29) is 6.61 Å². The molecule has 0 saturated heterocycles. The van der Waals surface area contributed by atoms with Crippen molar-refractivity contribution in [3.63, 3.8) is 0 Å². The highest BCUT2D eigenvalue weighted by molar-refractivity contribution is 5.66. The van der Waals surface area contributed by atoms with Crippen LogP contribution >= 0.6 is 0 Å². The molecule has 1 aromatic heterocycles. The third-order valence-electron chi connectivity index (χ3n) is 3.97. The first-order chi connectivity index (χ1) is 10.3. The lowest BCUT2D eigenvalue weighted by atomic mass is 9.94. The normalized spacial score (nSPS) is 15.5. The third kappa shape index (κ3) is 3.09. The molecule has 1 aliphatic carbocycles. The predicted octanol–water partition coefficient (Wildman–Crippen LogP) is 1.72. The van der Waals surface area contributed by atoms with Crippen LogP contribution in [0.4, 0.5) is 5.69 Å². The third-order valence-corrected chi connectivity index (χ3v) is 3.97. The molecule has 0 aliphatic heterocycles. The first-order valence-corrected chi connectivity index (χ1v) is 7.47. The summed E-state index contributed by atoms with van der Waals surface area (Å²) in [6, 6.07) is 8.03. The number of aliphatic hydroxyl groups is 2. The second-order valence-corrected chi connectivity index (χ2v) is 5.53. The Morgan fingerprint density at radius 2 is 1.95 bits per heavy atom. The summed E-state index contributed by atoms with van der Waals surface area (Å²) in [6.45, 7) is 0.109. The van der Waals surface area contributed by atoms with Gasteiger partial charge in [0.15, 0.2) is 0 Å². The van der Waals surface area contributed by atoms with E-state index in [4.69, 9.17) is 5.11 Å². The van der Waals surface area contributed by atoms with E-state index in [0.717, 1.165) is 29.8 Å². The molecule has 1 aliphatic rings. The van der Waals surface area contributed by atoms with Gasteiger partial charge in [-0.25, -0.2) is 0 Å². The van der Waals surface area contributed by atoms with Crippen LogP contribution in [0.3, 0.4) is 0 Å². The first kappa shape index (κ1) is 14.1. The van der Waals surface area contributed by atoms with Crippen molar-refractivity contribution in [3.8, 4) is 11.3 Å². The van der Waals surface area contributed by atoms with Crippen LogP contribution in [-0.2, 0) is 12.8 Å². The summed E-state index contributed by atoms with van der Waals surface area (Å²) in [4.78, 5) is 0. The summed E-state index contributed by atoms with van der Waals surface area (Å²) in [6.07, 6.45) is 3.94. The molecule has 21 heavy (non-hydrogen) atoms. The van der Waals surface area contributed by atoms with Crippen molar-refractivity contribution in [2.24, 2.45) is 0 Å². The van der Waals surface area contributed by atoms with E-state index < -0.39 is 6.10 Å². The SMILES string of the molecule is OCC(O)CNc1ccc(-c2n[nH]c3c2CCCC3)cc1. The van der Waals surface area contributed by atoms with Gasteiger partial charge >= 0.3 is 0 Å². The zero-order chi connectivity index (χ0) is 14.7. The number of aromatic nitrogens is 2. The standard InChI is InChI=1S/C16H21N3O2/c20-10-13(21)9-17-12-7-5-11(6-8-12)16-14-3-1-2-4-15(14)18-19-16/h5-8,13,17,20-21H,1-4,9-10H2,(H,18,19). The molecule has 1 atom stereocenters. The molecule has 0 spiro atoms. The average Bonchev–Trinajstić information content (AvgIpc) is 2.97. The van der Waals surface area contributed by atoms with Crippen LogP contribution in [0, 0.1) is 0 Å². The fraction of sp³-hybridized carbons (Fsp3) is 0.438. The van der Waals surface area contributed by atoms with Crippen molar-refractivity contribution < 1.29 is 10.2 Å². The van der Waals surface area contributed by atoms with Crippen molar-refractivity contribution >= 4 is 5.69 Å². The Morgan fingerprint density at radius 1 is 1.19 bits per heavy atom. The zero-order valence-electron chi connectivity index (χ0n) is 12.0. The van der Waals surface area contributed by atoms with Gasteiger partial charge < -0.3 is 15.5 Å². The van der Waals surface area contributed by atoms with E-state index in [0.29, 0.717) is 6.54 Å². The summed E-state index contributed by atoms with van der Waals surface area (Å²) in [5.41, 5.74) is 5.74. The van der Waals surface area contributed by atoms with Gasteiger partial charge in [-0.05, 0) is 37.8 Å². The number of fused-ring (bicyclic) bond motifs is 1. The Kier molecular flexibility index (Phi) is 4.22. The lowest BCUT2D eigenvalue weighted by Gasteiger charge is -2.12. The first-order valence-electron chi connectivity index (χ1n) is 7.47. The Hall–Kier alpha value is -1.85. The van der Waals surface area contributed by atoms with E-state index in [1.54, 1.807) is 0 Å². The molecule has 0 radical (unpaired) electrons. The molecular weight excluding hydrogens is 266 g/mol. The molecular formula is C16H21N3O2. The minimum absolute atomic E-state index is 0.232. The number of aromatic amines is 1. The summed E-state index contributed by atoms with van der Waals surface area (Å²) in [5, 5.41) is 28.8. The molecule has 1 unspecified atom stereocenters. The second kappa shape index (κ2) is 6.28. The molecule has 3 rings (SSSR count). The molecule has 1 aromatic carbocycles. The lowest BCUT2D eigenvalue weighted by Crippen LogP contribution is -2.22. The van der Waals surface area contributed by atoms with Gasteiger partial charge in [-0.2, -0.15) is 5.10 Å². The van der Waals surface area contributed by atoms with Crippen LogP contribution in [0.5, 0.6) is 0 Å². The minimum Gasteiger partial charge on any atom is -0.394 e. The monoisotopic (exact) mass is 287 g/mol. The Morgan fingerprint density at radius 3 is 2.71 bits per heavy atom. The Bertz CT molecular complexity index is 592. The molecule has 112 valence electrons. The van der Waals surface area contributed by atoms with Gasteiger partial charge in [0.05, 0.1) is 18.4 Å². The Labute approximate surface area is 124 Å². The number of nitrogens with one attached hydrogen (secondary N) is 2. The highest BCUT2D eigenvalue weighted by Gasteiger charge is 2.17. The maximum atomic E-state index is 9.33. The van der Waals surface area contributed by atoms with Gasteiger partial charge in [0.1, 0.15) is 0 Å². The van der Waals surface area contributed by atoms with Crippen LogP contribution in [-0.4, -0.2) is 39.7 Å². The van der Waals surface area contributed by atoms with E-state index in [1.165, 1.54) is 24.1 Å². The van der Waals surface area contributed by atoms with Crippen LogP contribution in [0.1, 0.15) is 24.1 Å². The van der Waals surface area contributed by atoms with E-state index in [9.17, 15) is 5.11 Å². The number of aliphatic hydroxyl groups excluding tert-OH is 2. The highest BCUT2D eigenvalue weighted by atomic mass is 16.3. The summed E-state index contributed by atoms with van der Waals surface area (Å²) in [7, 11) is 0. The number of hydrogen-bond acceptors (Lipinski definition) is 4. The smallest absolute Gasteiger partial charge is 0.0955 e.